The van der Waals surface area contributed by atoms with Crippen LogP contribution < -0.4 is 123 Å². The van der Waals surface area contributed by atoms with Crippen LogP contribution in [0.4, 0.5) is 0 Å². The number of nitrogens with two attached hydrogens (primary N) is 2. The van der Waals surface area contributed by atoms with E-state index in [9.17, 15) is 142 Å². The van der Waals surface area contributed by atoms with Crippen molar-refractivity contribution < 1.29 is 142 Å². The average molecular weight is 1960 g/mol. The van der Waals surface area contributed by atoms with Crippen LogP contribution in [0.5, 0.6) is 0 Å². The number of aliphatic hydroxyl groups excluding tert-OH is 7. The predicted octanol–water partition coefficient (Wildman–Crippen LogP) is -13.9. The van der Waals surface area contributed by atoms with Crippen LogP contribution in [0, 0.1) is 23.2 Å². The van der Waals surface area contributed by atoms with E-state index in [0.717, 1.165) is 20.8 Å². The summed E-state index contributed by atoms with van der Waals surface area (Å²) < 4.78 is 0. The van der Waals surface area contributed by atoms with Crippen molar-refractivity contribution in [1.29, 1.82) is 5.41 Å². The molecule has 3 rings (SSSR count). The third kappa shape index (κ3) is 42.7. The van der Waals surface area contributed by atoms with E-state index in [4.69, 9.17) is 16.9 Å². The van der Waals surface area contributed by atoms with Gasteiger partial charge in [0, 0.05) is 25.8 Å². The van der Waals surface area contributed by atoms with Gasteiger partial charge in [-0.15, -0.1) is 0 Å². The van der Waals surface area contributed by atoms with Gasteiger partial charge < -0.3 is 164 Å². The largest absolute Gasteiger partial charge is 0.480 e. The van der Waals surface area contributed by atoms with Crippen molar-refractivity contribution in [1.82, 2.24) is 112 Å². The van der Waals surface area contributed by atoms with Crippen LogP contribution in [0.3, 0.4) is 0 Å². The standard InChI is InChI=1S/C85H134N24O29/c1-10-43(6)66(81(134)105-58(39-113)73(126)94-35-64(121)106-65(42(4)5)84(137)138)107-83(136)68(46(9)116)109-78(131)52(29-41(2)3)102-82(135)67(45(8)115)108-79(132)54(31-48-21-15-12-16-22-48)101-76(129)51(25-26-60(86)117)98-69(122)44(7)95-61(118)32-91-70(123)55(36-110)96-62(119)33-92-71(124)56(37-111)97-63(120)34-93-72(125)57(38-112)103-77(130)53(30-47-19-13-11-14-20-47)100-75(128)50(24-18-28-90-85(87)88)99-80(133)59(40-114)104-74(127)49-23-17-27-89-49/h11-16,19-22,41-46,49-59,65-68,89,110-116H,10,17-18,23-40H2,1-9H3,(H2,86,117)(H,91,123)(H,92,124)(H,93,125)(H,94,126)(H,95,118)(H,96,119)(H,97,120)(H,98,122)(H,99,133)(H,100,128)(H,101,129)(H,102,135)(H,103,130)(H,104,127)(H,105,134)(H,106,121)(H,107,136)(H,108,132)(H,109,131)(H,137,138)(H4,87,88,90)/t43-,44-,45+,46+,49-,50-,51-,52-,53-,54-,55-,56-,57-,58-,59-,65-,66-,67-,68-/m0/s1. The van der Waals surface area contributed by atoms with Gasteiger partial charge in [0.2, 0.25) is 118 Å². The topological polar surface area (TPSA) is 849 Å². The zero-order valence-electron chi connectivity index (χ0n) is 78.1. The lowest BCUT2D eigenvalue weighted by Crippen LogP contribution is -2.63. The number of benzene rings is 2. The molecule has 53 nitrogen and oxygen atoms in total. The Labute approximate surface area is 794 Å². The molecule has 0 saturated carbocycles. The average Bonchev–Trinajstić information content (AvgIpc) is 0.920. The molecule has 0 spiro atoms. The van der Waals surface area contributed by atoms with Gasteiger partial charge in [-0.1, -0.05) is 109 Å². The van der Waals surface area contributed by atoms with Crippen molar-refractivity contribution in [3.63, 3.8) is 0 Å². The van der Waals surface area contributed by atoms with Crippen molar-refractivity contribution in [2.24, 2.45) is 29.2 Å². The second-order valence-corrected chi connectivity index (χ2v) is 33.4. The molecule has 2 aromatic carbocycles. The second-order valence-electron chi connectivity index (χ2n) is 33.4. The molecule has 0 bridgehead atoms. The predicted molar refractivity (Wildman–Crippen MR) is 486 cm³/mol. The number of carbonyl (C=O) groups excluding carboxylic acids is 20. The lowest BCUT2D eigenvalue weighted by molar-refractivity contribution is -0.143. The van der Waals surface area contributed by atoms with Gasteiger partial charge in [-0.25, -0.2) is 4.79 Å². The molecule has 20 amide bonds. The minimum Gasteiger partial charge on any atom is -0.480 e. The Balaban J connectivity index is 1.67. The van der Waals surface area contributed by atoms with Crippen molar-refractivity contribution in [3.05, 3.63) is 71.8 Å². The van der Waals surface area contributed by atoms with Crippen LogP contribution in [0.1, 0.15) is 125 Å². The molecular weight excluding hydrogens is 1820 g/mol. The maximum absolute atomic E-state index is 14.5. The van der Waals surface area contributed by atoms with Crippen LogP contribution in [0.15, 0.2) is 60.7 Å². The summed E-state index contributed by atoms with van der Waals surface area (Å²) in [6.07, 6.45) is -4.10. The van der Waals surface area contributed by atoms with Crippen molar-refractivity contribution >= 4 is 130 Å². The molecule has 19 atom stereocenters. The number of hydrogen-bond acceptors (Lipinski definition) is 30. The van der Waals surface area contributed by atoms with Gasteiger partial charge in [0.15, 0.2) is 5.96 Å². The molecule has 1 fully saturated rings. The van der Waals surface area contributed by atoms with Gasteiger partial charge in [-0.05, 0) is 94.7 Å². The highest BCUT2D eigenvalue weighted by atomic mass is 16.4. The van der Waals surface area contributed by atoms with Crippen LogP contribution in [-0.2, 0) is 114 Å². The molecule has 0 radical (unpaired) electrons. The Morgan fingerprint density at radius 1 is 0.391 bits per heavy atom. The Bertz CT molecular complexity index is 4470. The summed E-state index contributed by atoms with van der Waals surface area (Å²) in [7, 11) is 0. The number of primary amides is 1. The number of amides is 20. The maximum atomic E-state index is 14.5. The lowest BCUT2D eigenvalue weighted by Gasteiger charge is -2.30. The minimum atomic E-state index is -1.95. The van der Waals surface area contributed by atoms with E-state index in [1.165, 1.54) is 20.8 Å². The molecule has 34 N–H and O–H groups in total. The SMILES string of the molecule is CC[C@H](C)[C@H](NC(=O)[C@@H](NC(=O)[C@H](CC(C)C)NC(=O)[C@@H](NC(=O)[C@H](Cc1ccccc1)NC(=O)[C@H](CCC(N)=O)NC(=O)[C@H](C)NC(=O)CNC(=O)[C@H](CO)NC(=O)CNC(=O)[C@H](CO)NC(=O)CNC(=O)[C@H](CO)NC(=O)[C@H](Cc1ccccc1)NC(=O)[C@H](CCCNC(=N)N)NC(=O)[C@H](CO)NC(=O)[C@@H]1CCCN1)[C@@H](C)O)[C@@H](C)O)C(=O)N[C@@H](CO)C(=O)NCC(=O)N[C@H](C(=O)O)C(C)C. The number of nitrogens with one attached hydrogen (secondary N) is 22. The number of carboxylic acid groups (broad SMARTS) is 1. The van der Waals surface area contributed by atoms with Crippen LogP contribution in [0.2, 0.25) is 0 Å². The summed E-state index contributed by atoms with van der Waals surface area (Å²) in [5.74, 6) is -24.9. The minimum absolute atomic E-state index is 0.0475. The molecule has 2 aromatic rings. The molecule has 1 heterocycles. The van der Waals surface area contributed by atoms with Gasteiger partial charge >= 0.3 is 5.97 Å². The van der Waals surface area contributed by atoms with Crippen molar-refractivity contribution in [3.8, 4) is 0 Å². The van der Waals surface area contributed by atoms with E-state index in [-0.39, 0.29) is 45.1 Å². The molecule has 138 heavy (non-hydrogen) atoms. The highest BCUT2D eigenvalue weighted by molar-refractivity contribution is 6.02. The number of aliphatic hydroxyl groups is 7. The Morgan fingerprint density at radius 3 is 1.14 bits per heavy atom. The fraction of sp³-hybridized carbons (Fsp3) is 0.600. The summed E-state index contributed by atoms with van der Waals surface area (Å²) in [4.78, 5) is 282. The first-order chi connectivity index (χ1) is 65.1. The summed E-state index contributed by atoms with van der Waals surface area (Å²) >= 11 is 0. The first kappa shape index (κ1) is 118. The zero-order chi connectivity index (χ0) is 104. The number of carboxylic acids is 1. The number of hydrogen-bond donors (Lipinski definition) is 32. The van der Waals surface area contributed by atoms with Gasteiger partial charge in [0.05, 0.1) is 77.5 Å². The number of aliphatic carboxylic acids is 1. The molecule has 768 valence electrons. The lowest BCUT2D eigenvalue weighted by atomic mass is 9.97. The maximum Gasteiger partial charge on any atom is 0.326 e. The first-order valence-corrected chi connectivity index (χ1v) is 44.6. The second kappa shape index (κ2) is 61.4. The monoisotopic (exact) mass is 1950 g/mol. The number of guanidine groups is 1. The Morgan fingerprint density at radius 2 is 0.739 bits per heavy atom. The quantitative estimate of drug-likeness (QED) is 0.0166. The van der Waals surface area contributed by atoms with E-state index < -0.39 is 329 Å². The highest BCUT2D eigenvalue weighted by Gasteiger charge is 2.41. The molecular formula is C85H134N24O29. The molecule has 0 aromatic heterocycles. The van der Waals surface area contributed by atoms with Gasteiger partial charge in [0.25, 0.3) is 0 Å². The molecule has 0 aliphatic carbocycles. The number of carbonyl (C=O) groups is 21. The van der Waals surface area contributed by atoms with E-state index in [1.807, 2.05) is 0 Å². The highest BCUT2D eigenvalue weighted by Crippen LogP contribution is 2.16. The van der Waals surface area contributed by atoms with E-state index in [2.05, 4.69) is 112 Å². The Hall–Kier alpha value is -13.7. The van der Waals surface area contributed by atoms with Crippen LogP contribution in [0.25, 0.3) is 0 Å². The third-order valence-electron chi connectivity index (χ3n) is 21.2. The summed E-state index contributed by atoms with van der Waals surface area (Å²) in [5.41, 5.74) is 11.7. The van der Waals surface area contributed by atoms with E-state index in [0.29, 0.717) is 30.5 Å². The van der Waals surface area contributed by atoms with Crippen molar-refractivity contribution in [2.75, 3.05) is 72.3 Å². The summed E-state index contributed by atoms with van der Waals surface area (Å²) in [5, 5.41) is 139. The van der Waals surface area contributed by atoms with Gasteiger partial charge in [-0.2, -0.15) is 0 Å². The number of rotatable bonds is 62. The summed E-state index contributed by atoms with van der Waals surface area (Å²) in [6.45, 7) is 4.52. The van der Waals surface area contributed by atoms with Crippen LogP contribution in [-0.4, -0.2) is 352 Å². The fourth-order valence-electron chi connectivity index (χ4n) is 13.2. The molecule has 0 unspecified atom stereocenters. The first-order valence-electron chi connectivity index (χ1n) is 44.6. The summed E-state index contributed by atoms with van der Waals surface area (Å²) in [6, 6.07) is -9.65. The fourth-order valence-corrected chi connectivity index (χ4v) is 13.2. The smallest absolute Gasteiger partial charge is 0.326 e. The van der Waals surface area contributed by atoms with E-state index in [1.54, 1.807) is 81.4 Å². The third-order valence-corrected chi connectivity index (χ3v) is 21.2. The van der Waals surface area contributed by atoms with Gasteiger partial charge in [-0.3, -0.25) is 101 Å². The van der Waals surface area contributed by atoms with Gasteiger partial charge in [0.1, 0.15) is 90.6 Å². The molecule has 53 heteroatoms. The molecule has 1 aliphatic rings. The zero-order valence-corrected chi connectivity index (χ0v) is 78.1. The van der Waals surface area contributed by atoms with E-state index >= 15 is 0 Å². The molecule has 1 saturated heterocycles. The van der Waals surface area contributed by atoms with Crippen LogP contribution >= 0.6 is 0 Å². The Kier molecular flexibility index (Phi) is 52.7. The van der Waals surface area contributed by atoms with Crippen molar-refractivity contribution in [2.45, 2.75) is 235 Å². The molecule has 1 aliphatic heterocycles. The normalized spacial score (nSPS) is 16.1.